The van der Waals surface area contributed by atoms with Crippen LogP contribution in [0.3, 0.4) is 0 Å². The van der Waals surface area contributed by atoms with Crippen LogP contribution in [0.2, 0.25) is 0 Å². The number of hydrogen-bond donors (Lipinski definition) is 2. The van der Waals surface area contributed by atoms with Crippen molar-refractivity contribution in [2.45, 2.75) is 52.6 Å². The van der Waals surface area contributed by atoms with Crippen LogP contribution in [0.15, 0.2) is 24.3 Å². The molecular formula is C17H29N3O. The third kappa shape index (κ3) is 5.38. The van der Waals surface area contributed by atoms with Crippen LogP contribution >= 0.6 is 0 Å². The van der Waals surface area contributed by atoms with Gasteiger partial charge >= 0.3 is 6.03 Å². The molecule has 0 fully saturated rings. The molecule has 0 spiro atoms. The number of anilines is 1. The second-order valence-electron chi connectivity index (χ2n) is 5.60. The molecule has 0 bridgehead atoms. The predicted molar refractivity (Wildman–Crippen MR) is 89.7 cm³/mol. The second-order valence-corrected chi connectivity index (χ2v) is 5.60. The Kier molecular flexibility index (Phi) is 7.23. The van der Waals surface area contributed by atoms with E-state index in [-0.39, 0.29) is 12.1 Å². The minimum Gasteiger partial charge on any atom is -0.325 e. The zero-order chi connectivity index (χ0) is 15.8. The van der Waals surface area contributed by atoms with Crippen LogP contribution in [0.1, 0.15) is 52.1 Å². The van der Waals surface area contributed by atoms with Gasteiger partial charge in [0.25, 0.3) is 0 Å². The zero-order valence-corrected chi connectivity index (χ0v) is 13.9. The zero-order valence-electron chi connectivity index (χ0n) is 13.9. The van der Waals surface area contributed by atoms with Crippen molar-refractivity contribution >= 4 is 11.7 Å². The lowest BCUT2D eigenvalue weighted by Crippen LogP contribution is -2.37. The van der Waals surface area contributed by atoms with Gasteiger partial charge in [0.05, 0.1) is 0 Å². The molecule has 0 aromatic heterocycles. The van der Waals surface area contributed by atoms with E-state index in [1.165, 1.54) is 5.56 Å². The second kappa shape index (κ2) is 8.67. The first-order valence-corrected chi connectivity index (χ1v) is 7.86. The van der Waals surface area contributed by atoms with Crippen molar-refractivity contribution in [3.63, 3.8) is 0 Å². The van der Waals surface area contributed by atoms with Gasteiger partial charge in [0.2, 0.25) is 0 Å². The molecular weight excluding hydrogens is 262 g/mol. The predicted octanol–water partition coefficient (Wildman–Crippen LogP) is 4.01. The van der Waals surface area contributed by atoms with Gasteiger partial charge in [-0.25, -0.2) is 4.79 Å². The van der Waals surface area contributed by atoms with Crippen LogP contribution in [0, 0.1) is 0 Å². The maximum Gasteiger partial charge on any atom is 0.321 e. The molecule has 0 saturated carbocycles. The summed E-state index contributed by atoms with van der Waals surface area (Å²) in [6, 6.07) is 8.55. The molecule has 0 aliphatic carbocycles. The SMILES string of the molecule is CCCNC(C)c1ccc(NC(=O)N(C)C(C)CC)cc1. The molecule has 2 amide bonds. The van der Waals surface area contributed by atoms with Gasteiger partial charge in [-0.05, 0) is 50.9 Å². The van der Waals surface area contributed by atoms with Crippen LogP contribution in [0.25, 0.3) is 0 Å². The molecule has 4 nitrogen and oxygen atoms in total. The fourth-order valence-electron chi connectivity index (χ4n) is 2.02. The van der Waals surface area contributed by atoms with Gasteiger partial charge in [-0.2, -0.15) is 0 Å². The average Bonchev–Trinajstić information content (AvgIpc) is 2.51. The van der Waals surface area contributed by atoms with Crippen molar-refractivity contribution in [3.8, 4) is 0 Å². The monoisotopic (exact) mass is 291 g/mol. The molecule has 0 saturated heterocycles. The highest BCUT2D eigenvalue weighted by Gasteiger charge is 2.14. The minimum absolute atomic E-state index is 0.0609. The normalized spacial score (nSPS) is 13.6. The molecule has 0 aliphatic heterocycles. The minimum atomic E-state index is -0.0609. The first-order chi connectivity index (χ1) is 9.99. The summed E-state index contributed by atoms with van der Waals surface area (Å²) in [4.78, 5) is 13.8. The van der Waals surface area contributed by atoms with Crippen molar-refractivity contribution in [2.24, 2.45) is 0 Å². The van der Waals surface area contributed by atoms with Gasteiger partial charge in [-0.15, -0.1) is 0 Å². The quantitative estimate of drug-likeness (QED) is 0.797. The van der Waals surface area contributed by atoms with Gasteiger partial charge in [0.15, 0.2) is 0 Å². The number of benzene rings is 1. The van der Waals surface area contributed by atoms with E-state index in [1.807, 2.05) is 26.1 Å². The van der Waals surface area contributed by atoms with E-state index in [0.29, 0.717) is 6.04 Å². The highest BCUT2D eigenvalue weighted by Crippen LogP contribution is 2.16. The fraction of sp³-hybridized carbons (Fsp3) is 0.588. The molecule has 0 aliphatic rings. The van der Waals surface area contributed by atoms with Crippen LogP contribution in [-0.2, 0) is 0 Å². The molecule has 1 aromatic rings. The largest absolute Gasteiger partial charge is 0.325 e. The Morgan fingerprint density at radius 2 is 1.81 bits per heavy atom. The molecule has 2 atom stereocenters. The molecule has 2 N–H and O–H groups in total. The lowest BCUT2D eigenvalue weighted by atomic mass is 10.1. The molecule has 2 unspecified atom stereocenters. The summed E-state index contributed by atoms with van der Waals surface area (Å²) in [5.74, 6) is 0. The van der Waals surface area contributed by atoms with Crippen LogP contribution in [-0.4, -0.2) is 30.6 Å². The molecule has 118 valence electrons. The number of rotatable bonds is 7. The average molecular weight is 291 g/mol. The standard InChI is InChI=1S/C17H29N3O/c1-6-12-18-14(4)15-8-10-16(11-9-15)19-17(21)20(5)13(3)7-2/h8-11,13-14,18H,6-7,12H2,1-5H3,(H,19,21). The van der Waals surface area contributed by atoms with Crippen LogP contribution < -0.4 is 10.6 Å². The van der Waals surface area contributed by atoms with Crippen molar-refractivity contribution in [2.75, 3.05) is 18.9 Å². The third-order valence-corrected chi connectivity index (χ3v) is 3.93. The molecule has 1 aromatic carbocycles. The summed E-state index contributed by atoms with van der Waals surface area (Å²) in [6.45, 7) is 9.45. The van der Waals surface area contributed by atoms with Crippen LogP contribution in [0.4, 0.5) is 10.5 Å². The van der Waals surface area contributed by atoms with Crippen LogP contribution in [0.5, 0.6) is 0 Å². The fourth-order valence-corrected chi connectivity index (χ4v) is 2.02. The lowest BCUT2D eigenvalue weighted by molar-refractivity contribution is 0.206. The molecule has 0 heterocycles. The van der Waals surface area contributed by atoms with Gasteiger partial charge in [-0.3, -0.25) is 0 Å². The van der Waals surface area contributed by atoms with E-state index < -0.39 is 0 Å². The number of amides is 2. The Labute approximate surface area is 128 Å². The number of carbonyl (C=O) groups excluding carboxylic acids is 1. The first-order valence-electron chi connectivity index (χ1n) is 7.86. The third-order valence-electron chi connectivity index (χ3n) is 3.93. The van der Waals surface area contributed by atoms with Gasteiger partial charge in [-0.1, -0.05) is 26.0 Å². The highest BCUT2D eigenvalue weighted by atomic mass is 16.2. The Balaban J connectivity index is 2.60. The van der Waals surface area contributed by atoms with Gasteiger partial charge < -0.3 is 15.5 Å². The van der Waals surface area contributed by atoms with Crippen molar-refractivity contribution in [3.05, 3.63) is 29.8 Å². The van der Waals surface area contributed by atoms with Crippen molar-refractivity contribution in [1.82, 2.24) is 10.2 Å². The van der Waals surface area contributed by atoms with Crippen molar-refractivity contribution < 1.29 is 4.79 Å². The van der Waals surface area contributed by atoms with Gasteiger partial charge in [0, 0.05) is 24.8 Å². The summed E-state index contributed by atoms with van der Waals surface area (Å²) in [5, 5.41) is 6.39. The van der Waals surface area contributed by atoms with Crippen molar-refractivity contribution in [1.29, 1.82) is 0 Å². The number of nitrogens with one attached hydrogen (secondary N) is 2. The number of hydrogen-bond acceptors (Lipinski definition) is 2. The smallest absolute Gasteiger partial charge is 0.321 e. The molecule has 0 radical (unpaired) electrons. The van der Waals surface area contributed by atoms with E-state index in [9.17, 15) is 4.79 Å². The summed E-state index contributed by atoms with van der Waals surface area (Å²) >= 11 is 0. The van der Waals surface area contributed by atoms with E-state index in [1.54, 1.807) is 4.90 Å². The molecule has 1 rings (SSSR count). The topological polar surface area (TPSA) is 44.4 Å². The number of carbonyl (C=O) groups is 1. The summed E-state index contributed by atoms with van der Waals surface area (Å²) in [5.41, 5.74) is 2.07. The van der Waals surface area contributed by atoms with E-state index in [2.05, 4.69) is 43.5 Å². The Morgan fingerprint density at radius 1 is 1.19 bits per heavy atom. The van der Waals surface area contributed by atoms with E-state index >= 15 is 0 Å². The number of urea groups is 1. The van der Waals surface area contributed by atoms with E-state index in [4.69, 9.17) is 0 Å². The summed E-state index contributed by atoms with van der Waals surface area (Å²) in [7, 11) is 1.83. The van der Waals surface area contributed by atoms with Gasteiger partial charge in [0.1, 0.15) is 0 Å². The Bertz CT molecular complexity index is 430. The Hall–Kier alpha value is -1.55. The summed E-state index contributed by atoms with van der Waals surface area (Å²) < 4.78 is 0. The maximum absolute atomic E-state index is 12.1. The molecule has 21 heavy (non-hydrogen) atoms. The Morgan fingerprint density at radius 3 is 2.33 bits per heavy atom. The maximum atomic E-state index is 12.1. The van der Waals surface area contributed by atoms with E-state index in [0.717, 1.165) is 25.1 Å². The molecule has 4 heteroatoms. The lowest BCUT2D eigenvalue weighted by Gasteiger charge is -2.24. The summed E-state index contributed by atoms with van der Waals surface area (Å²) in [6.07, 6.45) is 2.07. The number of nitrogens with zero attached hydrogens (tertiary/aromatic N) is 1. The first kappa shape index (κ1) is 17.5. The highest BCUT2D eigenvalue weighted by molar-refractivity contribution is 5.89.